The Hall–Kier alpha value is 0.0138. The fourth-order valence-electron chi connectivity index (χ4n) is 5.55. The lowest BCUT2D eigenvalue weighted by atomic mass is 9.91. The predicted molar refractivity (Wildman–Crippen MR) is 131 cm³/mol. The molecule has 5 atom stereocenters. The minimum absolute atomic E-state index is 0.0194. The van der Waals surface area contributed by atoms with Crippen LogP contribution in [0.4, 0.5) is 0 Å². The van der Waals surface area contributed by atoms with Crippen molar-refractivity contribution in [1.82, 2.24) is 0 Å². The molecule has 2 fully saturated rings. The van der Waals surface area contributed by atoms with E-state index in [1.807, 2.05) is 6.08 Å². The molecule has 6 heteroatoms. The van der Waals surface area contributed by atoms with Gasteiger partial charge in [-0.2, -0.15) is 0 Å². The second-order valence-electron chi connectivity index (χ2n) is 11.5. The molecule has 0 amide bonds. The van der Waals surface area contributed by atoms with E-state index in [4.69, 9.17) is 18.0 Å². The fourth-order valence-corrected chi connectivity index (χ4v) is 13.4. The summed E-state index contributed by atoms with van der Waals surface area (Å²) in [4.78, 5) is 0. The van der Waals surface area contributed by atoms with Crippen LogP contribution in [0.15, 0.2) is 12.7 Å². The highest BCUT2D eigenvalue weighted by atomic mass is 28.4. The summed E-state index contributed by atoms with van der Waals surface area (Å²) in [6.45, 7) is 27.4. The number of rotatable bonds is 7. The van der Waals surface area contributed by atoms with Gasteiger partial charge in [0.05, 0.1) is 24.9 Å². The smallest absolute Gasteiger partial charge is 0.349 e. The quantitative estimate of drug-likeness (QED) is 0.311. The Morgan fingerprint density at radius 2 is 1.57 bits per heavy atom. The Bertz CT molecular complexity index is 554. The van der Waals surface area contributed by atoms with E-state index < -0.39 is 16.9 Å². The van der Waals surface area contributed by atoms with Gasteiger partial charge in [-0.15, -0.1) is 6.58 Å². The topological polar surface area (TPSA) is 36.9 Å². The van der Waals surface area contributed by atoms with Crippen LogP contribution in [-0.4, -0.2) is 47.9 Å². The summed E-state index contributed by atoms with van der Waals surface area (Å²) >= 11 is 0. The van der Waals surface area contributed by atoms with Gasteiger partial charge in [0, 0.05) is 22.4 Å². The van der Waals surface area contributed by atoms with E-state index in [9.17, 15) is 0 Å². The second-order valence-corrected chi connectivity index (χ2v) is 20.9. The summed E-state index contributed by atoms with van der Waals surface area (Å²) in [5.41, 5.74) is 0. The zero-order valence-corrected chi connectivity index (χ0v) is 23.3. The molecule has 0 aromatic carbocycles. The summed E-state index contributed by atoms with van der Waals surface area (Å²) < 4.78 is 27.3. The predicted octanol–water partition coefficient (Wildman–Crippen LogP) is 6.81. The van der Waals surface area contributed by atoms with E-state index >= 15 is 0 Å². The normalized spacial score (nSPS) is 31.1. The summed E-state index contributed by atoms with van der Waals surface area (Å²) in [5, 5.41) is -0.0425. The van der Waals surface area contributed by atoms with Crippen molar-refractivity contribution in [2.24, 2.45) is 5.92 Å². The molecule has 0 aromatic rings. The van der Waals surface area contributed by atoms with Crippen molar-refractivity contribution < 1.29 is 18.0 Å². The molecule has 0 aromatic heterocycles. The molecule has 2 rings (SSSR count). The molecule has 4 nitrogen and oxygen atoms in total. The first kappa shape index (κ1) is 26.3. The maximum absolute atomic E-state index is 7.02. The molecule has 30 heavy (non-hydrogen) atoms. The molecule has 0 N–H and O–H groups in total. The first-order valence-electron chi connectivity index (χ1n) is 12.1. The average molecular weight is 457 g/mol. The Balaban J connectivity index is 2.36. The average Bonchev–Trinajstić information content (AvgIpc) is 2.68. The minimum Gasteiger partial charge on any atom is -0.411 e. The summed E-state index contributed by atoms with van der Waals surface area (Å²) in [6.07, 6.45) is 3.00. The van der Waals surface area contributed by atoms with Crippen molar-refractivity contribution in [3.63, 3.8) is 0 Å². The highest BCUT2D eigenvalue weighted by Crippen LogP contribution is 2.55. The third-order valence-electron chi connectivity index (χ3n) is 7.54. The molecule has 0 aliphatic carbocycles. The Morgan fingerprint density at radius 3 is 2.00 bits per heavy atom. The van der Waals surface area contributed by atoms with Gasteiger partial charge in [-0.3, -0.25) is 0 Å². The Kier molecular flexibility index (Phi) is 8.30. The number of hydrogen-bond donors (Lipinski definition) is 0. The van der Waals surface area contributed by atoms with Gasteiger partial charge in [-0.1, -0.05) is 75.3 Å². The van der Waals surface area contributed by atoms with Crippen molar-refractivity contribution in [2.75, 3.05) is 6.61 Å². The zero-order chi connectivity index (χ0) is 23.0. The van der Waals surface area contributed by atoms with Crippen LogP contribution in [0.2, 0.25) is 28.2 Å². The van der Waals surface area contributed by atoms with Gasteiger partial charge in [0.25, 0.3) is 0 Å². The van der Waals surface area contributed by atoms with Crippen molar-refractivity contribution in [3.05, 3.63) is 12.7 Å². The van der Waals surface area contributed by atoms with E-state index in [0.29, 0.717) is 6.61 Å². The van der Waals surface area contributed by atoms with Crippen LogP contribution in [0.5, 0.6) is 0 Å². The maximum Gasteiger partial charge on any atom is 0.349 e. The second kappa shape index (κ2) is 9.48. The van der Waals surface area contributed by atoms with Crippen LogP contribution in [0.25, 0.3) is 0 Å². The van der Waals surface area contributed by atoms with Gasteiger partial charge in [0.1, 0.15) is 6.10 Å². The van der Waals surface area contributed by atoms with Crippen LogP contribution in [-0.2, 0) is 18.0 Å². The summed E-state index contributed by atoms with van der Waals surface area (Å²) in [7, 11) is -4.27. The first-order valence-corrected chi connectivity index (χ1v) is 16.4. The molecule has 2 heterocycles. The van der Waals surface area contributed by atoms with E-state index in [1.54, 1.807) is 0 Å². The van der Waals surface area contributed by atoms with E-state index in [2.05, 4.69) is 75.8 Å². The largest absolute Gasteiger partial charge is 0.411 e. The lowest BCUT2D eigenvalue weighted by molar-refractivity contribution is -0.203. The number of hydrogen-bond acceptors (Lipinski definition) is 4. The van der Waals surface area contributed by atoms with Gasteiger partial charge in [-0.05, 0) is 18.1 Å². The Labute approximate surface area is 188 Å². The molecule has 0 radical (unpaired) electrons. The molecule has 0 bridgehead atoms. The summed E-state index contributed by atoms with van der Waals surface area (Å²) in [5.74, 6) is 0.238. The molecule has 2 saturated heterocycles. The van der Waals surface area contributed by atoms with Crippen molar-refractivity contribution >= 4 is 16.9 Å². The molecule has 176 valence electrons. The van der Waals surface area contributed by atoms with E-state index in [-0.39, 0.29) is 40.4 Å². The van der Waals surface area contributed by atoms with Gasteiger partial charge in [0.15, 0.2) is 8.32 Å². The van der Waals surface area contributed by atoms with Crippen LogP contribution < -0.4 is 0 Å². The molecule has 2 aliphatic rings. The monoisotopic (exact) mass is 456 g/mol. The van der Waals surface area contributed by atoms with Crippen LogP contribution in [0.3, 0.4) is 0 Å². The van der Waals surface area contributed by atoms with Crippen molar-refractivity contribution in [2.45, 2.75) is 128 Å². The first-order chi connectivity index (χ1) is 13.8. The maximum atomic E-state index is 7.02. The third-order valence-corrected chi connectivity index (χ3v) is 17.4. The SMILES string of the molecule is C=C[C@@H](C)[C@@H]1O[C@@H]2CO[Si](C(C)(C)C)(C(C)(C)C)O[C@@H]2C[C@@H]1O[Si](CC)(CC)CC. The van der Waals surface area contributed by atoms with Crippen LogP contribution >= 0.6 is 0 Å². The van der Waals surface area contributed by atoms with Gasteiger partial charge >= 0.3 is 8.56 Å². The van der Waals surface area contributed by atoms with Crippen molar-refractivity contribution in [1.29, 1.82) is 0 Å². The number of ether oxygens (including phenoxy) is 1. The van der Waals surface area contributed by atoms with Gasteiger partial charge < -0.3 is 18.0 Å². The molecule has 0 spiro atoms. The fraction of sp³-hybridized carbons (Fsp3) is 0.917. The lowest BCUT2D eigenvalue weighted by Gasteiger charge is -2.57. The molecular formula is C24H48O4Si2. The highest BCUT2D eigenvalue weighted by molar-refractivity contribution is 6.74. The molecule has 0 saturated carbocycles. The summed E-state index contributed by atoms with van der Waals surface area (Å²) in [6, 6.07) is 3.44. The van der Waals surface area contributed by atoms with E-state index in [1.165, 1.54) is 0 Å². The van der Waals surface area contributed by atoms with Crippen LogP contribution in [0.1, 0.15) is 75.7 Å². The third kappa shape index (κ3) is 4.84. The van der Waals surface area contributed by atoms with Gasteiger partial charge in [-0.25, -0.2) is 0 Å². The minimum atomic E-state index is -2.51. The number of fused-ring (bicyclic) bond motifs is 1. The lowest BCUT2D eigenvalue weighted by Crippen LogP contribution is -2.68. The van der Waals surface area contributed by atoms with E-state index in [0.717, 1.165) is 24.6 Å². The standard InChI is InChI=1S/C24H48O4Si2/c1-12-18(5)22-20(27-29(13-2,14-3)15-4)16-19-21(26-22)17-25-30(28-19,23(6,7)8)24(9,10)11/h12,18-22H,1,13-17H2,2-11H3/t18-,19-,20+,21-,22+/m1/s1. The van der Waals surface area contributed by atoms with Crippen LogP contribution in [0, 0.1) is 5.92 Å². The molecule has 2 aliphatic heterocycles. The highest BCUT2D eigenvalue weighted by Gasteiger charge is 2.63. The zero-order valence-electron chi connectivity index (χ0n) is 21.3. The van der Waals surface area contributed by atoms with Gasteiger partial charge in [0.2, 0.25) is 0 Å². The Morgan fingerprint density at radius 1 is 1.03 bits per heavy atom. The molecule has 0 unspecified atom stereocenters. The van der Waals surface area contributed by atoms with Crippen molar-refractivity contribution in [3.8, 4) is 0 Å². The molecular weight excluding hydrogens is 408 g/mol.